The van der Waals surface area contributed by atoms with Crippen LogP contribution in [0.3, 0.4) is 0 Å². The molecule has 2 heterocycles. The quantitative estimate of drug-likeness (QED) is 0.0889. The summed E-state index contributed by atoms with van der Waals surface area (Å²) in [6, 6.07) is 33.3. The molecule has 0 unspecified atom stereocenters. The fourth-order valence-corrected chi connectivity index (χ4v) is 7.32. The van der Waals surface area contributed by atoms with Gasteiger partial charge in [-0.05, 0) is 89.0 Å². The van der Waals surface area contributed by atoms with Crippen molar-refractivity contribution in [3.63, 3.8) is 0 Å². The second kappa shape index (κ2) is 19.0. The number of methoxy groups -OCH3 is 4. The minimum atomic E-state index is -0.606. The molecule has 64 heavy (non-hydrogen) atoms. The molecule has 0 atom stereocenters. The Balaban J connectivity index is 0.000000175. The van der Waals surface area contributed by atoms with Crippen molar-refractivity contribution < 1.29 is 42.8 Å². The van der Waals surface area contributed by atoms with Crippen LogP contribution < -0.4 is 40.1 Å². The molecule has 14 heteroatoms. The van der Waals surface area contributed by atoms with Crippen molar-refractivity contribution in [2.75, 3.05) is 41.6 Å². The number of aromatic nitrogens is 2. The summed E-state index contributed by atoms with van der Waals surface area (Å²) in [5.41, 5.74) is 8.16. The Hall–Kier alpha value is -7.97. The van der Waals surface area contributed by atoms with Gasteiger partial charge in [0.1, 0.15) is 28.7 Å². The largest absolute Gasteiger partial charge is 0.496 e. The number of benzene rings is 6. The average Bonchev–Trinajstić information content (AvgIpc) is 4.14. The third-order valence-corrected chi connectivity index (χ3v) is 10.7. The molecule has 4 N–H and O–H groups in total. The van der Waals surface area contributed by atoms with Crippen LogP contribution >= 0.6 is 0 Å². The summed E-state index contributed by atoms with van der Waals surface area (Å²) in [5, 5.41) is 10.8. The SMILES string of the molecule is COCCNC(=O)c1cccc2cc(Oc3ccnc4cc(OC)c(C(N)=O)cc34)ccc12.COc1cc2nccc(Oc3ccc4ccccc4c3C(=O)NC3CC3)c2cc1OC. The number of hydrogen-bond acceptors (Lipinski definition) is 11. The first-order valence-corrected chi connectivity index (χ1v) is 20.4. The van der Waals surface area contributed by atoms with Gasteiger partial charge in [0.25, 0.3) is 17.7 Å². The third kappa shape index (κ3) is 9.13. The standard InChI is InChI=1S/C25H23N3O5.C25H22N2O4/c1-31-11-10-28-25(30)18-5-3-4-15-12-16(6-7-17(15)18)33-22-8-9-27-21-14-23(32-2)20(24(26)29)13-19(21)22;1-29-22-13-18-19(14-23(22)30-2)26-12-11-20(18)31-21-10-7-15-5-3-4-6-17(15)24(21)25(28)27-16-8-9-16/h3-9,12-14H,10-11H2,1-2H3,(H2,26,29)(H,28,30);3-7,10-14,16H,8-9H2,1-2H3,(H,27,28). The van der Waals surface area contributed by atoms with Crippen LogP contribution in [0.4, 0.5) is 0 Å². The molecule has 0 aliphatic heterocycles. The van der Waals surface area contributed by atoms with E-state index in [0.717, 1.165) is 39.8 Å². The number of nitrogens with one attached hydrogen (secondary N) is 2. The van der Waals surface area contributed by atoms with E-state index in [-0.39, 0.29) is 23.4 Å². The lowest BCUT2D eigenvalue weighted by Crippen LogP contribution is -2.27. The maximum atomic E-state index is 13.1. The highest BCUT2D eigenvalue weighted by atomic mass is 16.5. The van der Waals surface area contributed by atoms with E-state index in [4.69, 9.17) is 34.2 Å². The molecule has 14 nitrogen and oxygen atoms in total. The van der Waals surface area contributed by atoms with E-state index >= 15 is 0 Å². The first-order valence-electron chi connectivity index (χ1n) is 20.4. The van der Waals surface area contributed by atoms with Crippen LogP contribution in [0.5, 0.6) is 40.2 Å². The van der Waals surface area contributed by atoms with Gasteiger partial charge in [0, 0.05) is 60.6 Å². The molecule has 0 saturated heterocycles. The molecule has 1 fully saturated rings. The number of hydrogen-bond donors (Lipinski definition) is 3. The molecule has 9 rings (SSSR count). The lowest BCUT2D eigenvalue weighted by atomic mass is 10.0. The summed E-state index contributed by atoms with van der Waals surface area (Å²) in [7, 11) is 6.23. The highest BCUT2D eigenvalue weighted by Crippen LogP contribution is 2.39. The summed E-state index contributed by atoms with van der Waals surface area (Å²) in [6.45, 7) is 0.873. The minimum absolute atomic E-state index is 0.119. The molecule has 0 spiro atoms. The Bertz CT molecular complexity index is 3060. The van der Waals surface area contributed by atoms with E-state index in [9.17, 15) is 14.4 Å². The molecule has 8 aromatic rings. The number of rotatable bonds is 14. The number of amides is 3. The van der Waals surface area contributed by atoms with E-state index in [0.29, 0.717) is 80.9 Å². The molecule has 3 amide bonds. The third-order valence-electron chi connectivity index (χ3n) is 10.7. The number of ether oxygens (including phenoxy) is 6. The zero-order valence-corrected chi connectivity index (χ0v) is 35.6. The normalized spacial score (nSPS) is 12.0. The summed E-state index contributed by atoms with van der Waals surface area (Å²) in [5.74, 6) is 2.80. The topological polar surface area (TPSA) is 182 Å². The highest BCUT2D eigenvalue weighted by Gasteiger charge is 2.27. The van der Waals surface area contributed by atoms with E-state index in [2.05, 4.69) is 20.6 Å². The maximum absolute atomic E-state index is 13.1. The summed E-state index contributed by atoms with van der Waals surface area (Å²) in [6.07, 6.45) is 5.33. The monoisotopic (exact) mass is 859 g/mol. The predicted molar refractivity (Wildman–Crippen MR) is 244 cm³/mol. The van der Waals surface area contributed by atoms with Crippen LogP contribution in [-0.4, -0.2) is 75.3 Å². The summed E-state index contributed by atoms with van der Waals surface area (Å²) < 4.78 is 33.5. The first-order chi connectivity index (χ1) is 31.2. The van der Waals surface area contributed by atoms with E-state index in [1.54, 1.807) is 70.1 Å². The van der Waals surface area contributed by atoms with Crippen LogP contribution in [0.2, 0.25) is 0 Å². The van der Waals surface area contributed by atoms with Crippen molar-refractivity contribution in [1.82, 2.24) is 20.6 Å². The van der Waals surface area contributed by atoms with Gasteiger partial charge in [0.2, 0.25) is 0 Å². The number of carbonyl (C=O) groups is 3. The predicted octanol–water partition coefficient (Wildman–Crippen LogP) is 8.75. The number of nitrogens with zero attached hydrogens (tertiary/aromatic N) is 2. The van der Waals surface area contributed by atoms with Crippen molar-refractivity contribution in [3.05, 3.63) is 138 Å². The zero-order valence-electron chi connectivity index (χ0n) is 35.6. The highest BCUT2D eigenvalue weighted by molar-refractivity contribution is 6.10. The molecule has 324 valence electrons. The number of fused-ring (bicyclic) bond motifs is 4. The van der Waals surface area contributed by atoms with Gasteiger partial charge >= 0.3 is 0 Å². The van der Waals surface area contributed by atoms with Crippen LogP contribution in [0.25, 0.3) is 43.4 Å². The minimum Gasteiger partial charge on any atom is -0.496 e. The van der Waals surface area contributed by atoms with Gasteiger partial charge in [-0.15, -0.1) is 0 Å². The number of pyridine rings is 2. The molecule has 0 radical (unpaired) electrons. The Morgan fingerprint density at radius 3 is 1.97 bits per heavy atom. The van der Waals surface area contributed by atoms with Crippen LogP contribution in [0.15, 0.2) is 122 Å². The number of nitrogens with two attached hydrogens (primary N) is 1. The van der Waals surface area contributed by atoms with E-state index < -0.39 is 5.91 Å². The van der Waals surface area contributed by atoms with Gasteiger partial charge in [0.15, 0.2) is 11.5 Å². The molecular formula is C50H45N5O9. The molecular weight excluding hydrogens is 815 g/mol. The molecule has 1 aliphatic rings. The number of primary amides is 1. The van der Waals surface area contributed by atoms with Crippen molar-refractivity contribution in [1.29, 1.82) is 0 Å². The average molecular weight is 860 g/mol. The summed E-state index contributed by atoms with van der Waals surface area (Å²) in [4.78, 5) is 46.3. The fourth-order valence-electron chi connectivity index (χ4n) is 7.32. The molecule has 2 aromatic heterocycles. The fraction of sp³-hybridized carbons (Fsp3) is 0.180. The Morgan fingerprint density at radius 2 is 1.27 bits per heavy atom. The van der Waals surface area contributed by atoms with Crippen molar-refractivity contribution in [3.8, 4) is 40.2 Å². The molecule has 6 aromatic carbocycles. The zero-order chi connectivity index (χ0) is 44.7. The Labute approximate surface area is 368 Å². The van der Waals surface area contributed by atoms with E-state index in [1.807, 2.05) is 72.8 Å². The van der Waals surface area contributed by atoms with Crippen molar-refractivity contribution in [2.45, 2.75) is 18.9 Å². The second-order valence-corrected chi connectivity index (χ2v) is 14.8. The lowest BCUT2D eigenvalue weighted by Gasteiger charge is -2.16. The molecule has 0 bridgehead atoms. The van der Waals surface area contributed by atoms with Gasteiger partial charge in [-0.3, -0.25) is 24.4 Å². The molecule has 1 saturated carbocycles. The van der Waals surface area contributed by atoms with Gasteiger partial charge in [-0.1, -0.05) is 42.5 Å². The Morgan fingerprint density at radius 1 is 0.594 bits per heavy atom. The van der Waals surface area contributed by atoms with Gasteiger partial charge in [0.05, 0.1) is 50.1 Å². The van der Waals surface area contributed by atoms with Crippen LogP contribution in [0, 0.1) is 0 Å². The Kier molecular flexibility index (Phi) is 12.7. The second-order valence-electron chi connectivity index (χ2n) is 14.8. The van der Waals surface area contributed by atoms with E-state index in [1.165, 1.54) is 7.11 Å². The van der Waals surface area contributed by atoms with Gasteiger partial charge in [-0.2, -0.15) is 0 Å². The van der Waals surface area contributed by atoms with Crippen LogP contribution in [-0.2, 0) is 4.74 Å². The molecule has 1 aliphatic carbocycles. The van der Waals surface area contributed by atoms with Gasteiger partial charge < -0.3 is 44.8 Å². The lowest BCUT2D eigenvalue weighted by molar-refractivity contribution is 0.0934. The number of carbonyl (C=O) groups excluding carboxylic acids is 3. The van der Waals surface area contributed by atoms with Crippen molar-refractivity contribution in [2.24, 2.45) is 5.73 Å². The van der Waals surface area contributed by atoms with Gasteiger partial charge in [-0.25, -0.2) is 0 Å². The smallest absolute Gasteiger partial charge is 0.255 e. The summed E-state index contributed by atoms with van der Waals surface area (Å²) >= 11 is 0. The van der Waals surface area contributed by atoms with Crippen LogP contribution in [0.1, 0.15) is 43.9 Å². The maximum Gasteiger partial charge on any atom is 0.255 e. The van der Waals surface area contributed by atoms with Crippen molar-refractivity contribution >= 4 is 61.1 Å². The first kappa shape index (κ1) is 42.7.